The fraction of sp³-hybridized carbons (Fsp3) is 0.577. The van der Waals surface area contributed by atoms with Crippen molar-refractivity contribution in [1.29, 1.82) is 0 Å². The first kappa shape index (κ1) is 27.1. The number of hydrogen-bond donors (Lipinski definition) is 1. The number of hydrogen-bond acceptors (Lipinski definition) is 9. The SMILES string of the molecule is CC(C)(C)OC(=O)N1CCN(CCOc2ccc(N3CCCC(Oc4cc(Cl)nnc4N)C3)cc2)CC1. The molecule has 1 aromatic carbocycles. The predicted octanol–water partition coefficient (Wildman–Crippen LogP) is 3.69. The van der Waals surface area contributed by atoms with Crippen molar-refractivity contribution in [2.24, 2.45) is 0 Å². The summed E-state index contributed by atoms with van der Waals surface area (Å²) in [6.07, 6.45) is 1.69. The zero-order valence-electron chi connectivity index (χ0n) is 21.9. The van der Waals surface area contributed by atoms with E-state index in [2.05, 4.69) is 32.1 Å². The van der Waals surface area contributed by atoms with Gasteiger partial charge in [0, 0.05) is 51.0 Å². The van der Waals surface area contributed by atoms with Gasteiger partial charge in [0.05, 0.1) is 6.54 Å². The Morgan fingerprint density at radius 3 is 2.54 bits per heavy atom. The minimum Gasteiger partial charge on any atom is -0.492 e. The van der Waals surface area contributed by atoms with Gasteiger partial charge in [-0.3, -0.25) is 4.90 Å². The number of halogens is 1. The molecule has 2 aliphatic rings. The van der Waals surface area contributed by atoms with Crippen molar-refractivity contribution in [2.45, 2.75) is 45.3 Å². The summed E-state index contributed by atoms with van der Waals surface area (Å²) in [6.45, 7) is 11.7. The number of piperazine rings is 1. The van der Waals surface area contributed by atoms with E-state index in [4.69, 9.17) is 31.5 Å². The van der Waals surface area contributed by atoms with Crippen molar-refractivity contribution >= 4 is 29.2 Å². The van der Waals surface area contributed by atoms with Gasteiger partial charge in [-0.2, -0.15) is 0 Å². The van der Waals surface area contributed by atoms with Crippen LogP contribution in [-0.4, -0.2) is 90.2 Å². The first-order chi connectivity index (χ1) is 17.7. The molecule has 10 nitrogen and oxygen atoms in total. The van der Waals surface area contributed by atoms with Crippen molar-refractivity contribution in [3.05, 3.63) is 35.5 Å². The Morgan fingerprint density at radius 2 is 1.84 bits per heavy atom. The van der Waals surface area contributed by atoms with E-state index in [0.29, 0.717) is 25.4 Å². The quantitative estimate of drug-likeness (QED) is 0.571. The first-order valence-electron chi connectivity index (χ1n) is 12.8. The molecule has 0 radical (unpaired) electrons. The summed E-state index contributed by atoms with van der Waals surface area (Å²) < 4.78 is 17.5. The number of piperidine rings is 1. The minimum absolute atomic E-state index is 0.0111. The second kappa shape index (κ2) is 12.0. The minimum atomic E-state index is -0.470. The largest absolute Gasteiger partial charge is 0.492 e. The van der Waals surface area contributed by atoms with Gasteiger partial charge in [-0.15, -0.1) is 10.2 Å². The average Bonchev–Trinajstić information content (AvgIpc) is 2.86. The van der Waals surface area contributed by atoms with Crippen molar-refractivity contribution in [3.8, 4) is 11.5 Å². The van der Waals surface area contributed by atoms with Gasteiger partial charge < -0.3 is 29.7 Å². The lowest BCUT2D eigenvalue weighted by Crippen LogP contribution is -2.50. The maximum absolute atomic E-state index is 12.2. The highest BCUT2D eigenvalue weighted by atomic mass is 35.5. The van der Waals surface area contributed by atoms with E-state index in [1.807, 2.05) is 32.9 Å². The Kier molecular flexibility index (Phi) is 8.81. The van der Waals surface area contributed by atoms with Crippen LogP contribution in [0.25, 0.3) is 0 Å². The van der Waals surface area contributed by atoms with Gasteiger partial charge in [0.1, 0.15) is 24.1 Å². The van der Waals surface area contributed by atoms with E-state index in [-0.39, 0.29) is 23.2 Å². The van der Waals surface area contributed by atoms with E-state index in [9.17, 15) is 4.79 Å². The zero-order valence-corrected chi connectivity index (χ0v) is 22.6. The summed E-state index contributed by atoms with van der Waals surface area (Å²) in [7, 11) is 0. The highest BCUT2D eigenvalue weighted by molar-refractivity contribution is 6.29. The van der Waals surface area contributed by atoms with Gasteiger partial charge in [0.25, 0.3) is 0 Å². The molecule has 4 rings (SSSR count). The number of aromatic nitrogens is 2. The van der Waals surface area contributed by atoms with E-state index in [1.165, 1.54) is 0 Å². The summed E-state index contributed by atoms with van der Waals surface area (Å²) in [6, 6.07) is 9.78. The molecule has 2 N–H and O–H groups in total. The number of carbonyl (C=O) groups is 1. The van der Waals surface area contributed by atoms with Crippen molar-refractivity contribution in [2.75, 3.05) is 63.1 Å². The maximum atomic E-state index is 12.2. The van der Waals surface area contributed by atoms with Crippen LogP contribution in [0.3, 0.4) is 0 Å². The molecule has 1 amide bonds. The number of nitrogens with two attached hydrogens (primary N) is 1. The maximum Gasteiger partial charge on any atom is 0.410 e. The van der Waals surface area contributed by atoms with Crippen LogP contribution in [0.4, 0.5) is 16.3 Å². The third-order valence-corrected chi connectivity index (χ3v) is 6.51. The van der Waals surface area contributed by atoms with Crippen LogP contribution < -0.4 is 20.1 Å². The van der Waals surface area contributed by atoms with E-state index in [0.717, 1.165) is 57.0 Å². The number of ether oxygens (including phenoxy) is 3. The van der Waals surface area contributed by atoms with E-state index < -0.39 is 5.60 Å². The third kappa shape index (κ3) is 8.00. The Bertz CT molecular complexity index is 1040. The van der Waals surface area contributed by atoms with Crippen molar-refractivity contribution in [1.82, 2.24) is 20.0 Å². The zero-order chi connectivity index (χ0) is 26.4. The number of amides is 1. The molecule has 2 aliphatic heterocycles. The van der Waals surface area contributed by atoms with Gasteiger partial charge in [0.2, 0.25) is 0 Å². The molecule has 1 atom stereocenters. The molecule has 11 heteroatoms. The third-order valence-electron chi connectivity index (χ3n) is 6.33. The standard InChI is InChI=1S/C26H37ClN6O4/c1-26(2,3)37-25(34)32-13-11-31(12-14-32)15-16-35-20-8-6-19(7-9-20)33-10-4-5-21(18-33)36-22-17-23(27)29-30-24(22)28/h6-9,17,21H,4-5,10-16,18H2,1-3H3,(H2,28,30). The monoisotopic (exact) mass is 532 g/mol. The van der Waals surface area contributed by atoms with Crippen molar-refractivity contribution in [3.63, 3.8) is 0 Å². The van der Waals surface area contributed by atoms with E-state index >= 15 is 0 Å². The van der Waals surface area contributed by atoms with Crippen LogP contribution in [0.5, 0.6) is 11.5 Å². The van der Waals surface area contributed by atoms with Crippen LogP contribution in [0.15, 0.2) is 30.3 Å². The normalized spacial score (nSPS) is 19.0. The van der Waals surface area contributed by atoms with Crippen LogP contribution in [0.2, 0.25) is 5.15 Å². The van der Waals surface area contributed by atoms with Gasteiger partial charge in [-0.25, -0.2) is 4.79 Å². The molecule has 2 fully saturated rings. The Balaban J connectivity index is 1.19. The summed E-state index contributed by atoms with van der Waals surface area (Å²) >= 11 is 5.94. The predicted molar refractivity (Wildman–Crippen MR) is 144 cm³/mol. The molecule has 37 heavy (non-hydrogen) atoms. The molecule has 0 bridgehead atoms. The van der Waals surface area contributed by atoms with Crippen LogP contribution in [-0.2, 0) is 4.74 Å². The lowest BCUT2D eigenvalue weighted by Gasteiger charge is -2.35. The molecular weight excluding hydrogens is 496 g/mol. The second-order valence-corrected chi connectivity index (χ2v) is 10.8. The molecule has 2 saturated heterocycles. The van der Waals surface area contributed by atoms with Crippen LogP contribution in [0, 0.1) is 0 Å². The number of rotatable bonds is 7. The summed E-state index contributed by atoms with van der Waals surface area (Å²) in [5.41, 5.74) is 6.54. The number of nitrogens with zero attached hydrogens (tertiary/aromatic N) is 5. The Hall–Kier alpha value is -2.98. The van der Waals surface area contributed by atoms with Crippen molar-refractivity contribution < 1.29 is 19.0 Å². The van der Waals surface area contributed by atoms with E-state index in [1.54, 1.807) is 11.0 Å². The van der Waals surface area contributed by atoms with Crippen LogP contribution in [0.1, 0.15) is 33.6 Å². The fourth-order valence-electron chi connectivity index (χ4n) is 4.43. The Morgan fingerprint density at radius 1 is 1.11 bits per heavy atom. The van der Waals surface area contributed by atoms with Gasteiger partial charge in [0.15, 0.2) is 16.7 Å². The van der Waals surface area contributed by atoms with Gasteiger partial charge in [-0.1, -0.05) is 11.6 Å². The lowest BCUT2D eigenvalue weighted by atomic mass is 10.1. The molecule has 202 valence electrons. The van der Waals surface area contributed by atoms with Crippen LogP contribution >= 0.6 is 11.6 Å². The second-order valence-electron chi connectivity index (χ2n) is 10.4. The summed E-state index contributed by atoms with van der Waals surface area (Å²) in [5.74, 6) is 1.56. The fourth-order valence-corrected chi connectivity index (χ4v) is 4.57. The summed E-state index contributed by atoms with van der Waals surface area (Å²) in [5, 5.41) is 7.82. The first-order valence-corrected chi connectivity index (χ1v) is 13.2. The molecule has 3 heterocycles. The molecule has 0 saturated carbocycles. The molecule has 0 spiro atoms. The number of nitrogen functional groups attached to an aromatic ring is 1. The molecular formula is C26H37ClN6O4. The number of carbonyl (C=O) groups excluding carboxylic acids is 1. The molecule has 1 unspecified atom stereocenters. The molecule has 0 aliphatic carbocycles. The smallest absolute Gasteiger partial charge is 0.410 e. The topological polar surface area (TPSA) is 106 Å². The molecule has 2 aromatic rings. The highest BCUT2D eigenvalue weighted by Crippen LogP contribution is 2.27. The number of anilines is 2. The Labute approximate surface area is 223 Å². The van der Waals surface area contributed by atoms with Gasteiger partial charge in [-0.05, 0) is 57.9 Å². The van der Waals surface area contributed by atoms with Gasteiger partial charge >= 0.3 is 6.09 Å². The highest BCUT2D eigenvalue weighted by Gasteiger charge is 2.26. The number of benzene rings is 1. The summed E-state index contributed by atoms with van der Waals surface area (Å²) in [4.78, 5) is 18.6. The average molecular weight is 533 g/mol. The lowest BCUT2D eigenvalue weighted by molar-refractivity contribution is 0.0137. The molecule has 1 aromatic heterocycles.